The zero-order valence-corrected chi connectivity index (χ0v) is 13.6. The second-order valence-electron chi connectivity index (χ2n) is 5.40. The van der Waals surface area contributed by atoms with Crippen molar-refractivity contribution in [2.75, 3.05) is 0 Å². The molecule has 3 nitrogen and oxygen atoms in total. The molecule has 3 heteroatoms. The van der Waals surface area contributed by atoms with Crippen molar-refractivity contribution in [2.45, 2.75) is 65.4 Å². The van der Waals surface area contributed by atoms with Gasteiger partial charge in [0.15, 0.2) is 0 Å². The van der Waals surface area contributed by atoms with Crippen molar-refractivity contribution in [2.24, 2.45) is 5.92 Å². The molecule has 1 atom stereocenters. The van der Waals surface area contributed by atoms with Gasteiger partial charge in [-0.25, -0.2) is 0 Å². The highest BCUT2D eigenvalue weighted by Gasteiger charge is 2.17. The van der Waals surface area contributed by atoms with E-state index in [2.05, 4.69) is 13.8 Å². The maximum atomic E-state index is 12.0. The first-order valence-electron chi connectivity index (χ1n) is 7.98. The minimum atomic E-state index is -0.0353. The van der Waals surface area contributed by atoms with Gasteiger partial charge in [0, 0.05) is 0 Å². The standard InChI is InChI=1S/C18H28O2.H3N/c1-3-5-6-7-11-14-17(4-2)18(19)20-15-16-12-9-8-10-13-16;/h8-10,12-13,17H,3-7,11,14-15H2,1-2H3;1H3. The van der Waals surface area contributed by atoms with E-state index in [0.29, 0.717) is 6.61 Å². The lowest BCUT2D eigenvalue weighted by molar-refractivity contribution is -0.150. The smallest absolute Gasteiger partial charge is 0.309 e. The van der Waals surface area contributed by atoms with Gasteiger partial charge in [0.25, 0.3) is 0 Å². The van der Waals surface area contributed by atoms with Gasteiger partial charge in [0.05, 0.1) is 5.92 Å². The molecular formula is C18H31NO2. The van der Waals surface area contributed by atoms with Gasteiger partial charge in [-0.05, 0) is 18.4 Å². The van der Waals surface area contributed by atoms with Crippen LogP contribution < -0.4 is 6.15 Å². The van der Waals surface area contributed by atoms with Crippen LogP contribution in [-0.2, 0) is 16.1 Å². The van der Waals surface area contributed by atoms with Crippen LogP contribution in [-0.4, -0.2) is 5.97 Å². The number of hydrogen-bond donors (Lipinski definition) is 1. The summed E-state index contributed by atoms with van der Waals surface area (Å²) in [6.07, 6.45) is 8.06. The Balaban J connectivity index is 0.00000400. The van der Waals surface area contributed by atoms with Crippen molar-refractivity contribution < 1.29 is 9.53 Å². The molecule has 0 saturated heterocycles. The molecule has 0 aliphatic rings. The summed E-state index contributed by atoms with van der Waals surface area (Å²) in [6, 6.07) is 9.87. The summed E-state index contributed by atoms with van der Waals surface area (Å²) in [6.45, 7) is 4.68. The van der Waals surface area contributed by atoms with Crippen LogP contribution in [0.4, 0.5) is 0 Å². The van der Waals surface area contributed by atoms with Crippen LogP contribution in [0.5, 0.6) is 0 Å². The van der Waals surface area contributed by atoms with Crippen molar-refractivity contribution in [3.63, 3.8) is 0 Å². The van der Waals surface area contributed by atoms with Gasteiger partial charge in [0.2, 0.25) is 0 Å². The van der Waals surface area contributed by atoms with E-state index < -0.39 is 0 Å². The molecule has 21 heavy (non-hydrogen) atoms. The predicted molar refractivity (Wildman–Crippen MR) is 88.4 cm³/mol. The number of rotatable bonds is 10. The average Bonchev–Trinajstić information content (AvgIpc) is 2.49. The molecule has 120 valence electrons. The Labute approximate surface area is 129 Å². The molecule has 3 N–H and O–H groups in total. The van der Waals surface area contributed by atoms with Crippen LogP contribution in [0.25, 0.3) is 0 Å². The van der Waals surface area contributed by atoms with Gasteiger partial charge in [-0.2, -0.15) is 0 Å². The maximum Gasteiger partial charge on any atom is 0.309 e. The number of carbonyl (C=O) groups is 1. The Hall–Kier alpha value is -1.35. The third-order valence-corrected chi connectivity index (χ3v) is 3.71. The summed E-state index contributed by atoms with van der Waals surface area (Å²) < 4.78 is 5.42. The Bertz CT molecular complexity index is 365. The van der Waals surface area contributed by atoms with Gasteiger partial charge in [0.1, 0.15) is 6.61 Å². The van der Waals surface area contributed by atoms with Crippen LogP contribution in [0.3, 0.4) is 0 Å². The monoisotopic (exact) mass is 293 g/mol. The molecule has 0 spiro atoms. The van der Waals surface area contributed by atoms with Gasteiger partial charge in [-0.15, -0.1) is 0 Å². The molecule has 0 fully saturated rings. The first-order valence-corrected chi connectivity index (χ1v) is 7.98. The fourth-order valence-electron chi connectivity index (χ4n) is 2.33. The summed E-state index contributed by atoms with van der Waals surface area (Å²) in [5, 5.41) is 0. The molecule has 0 heterocycles. The zero-order chi connectivity index (χ0) is 14.6. The zero-order valence-electron chi connectivity index (χ0n) is 13.6. The molecule has 1 aromatic carbocycles. The molecule has 0 aromatic heterocycles. The minimum absolute atomic E-state index is 0. The third kappa shape index (κ3) is 8.51. The van der Waals surface area contributed by atoms with Crippen molar-refractivity contribution >= 4 is 5.97 Å². The van der Waals surface area contributed by atoms with Crippen LogP contribution in [0.15, 0.2) is 30.3 Å². The van der Waals surface area contributed by atoms with E-state index in [1.165, 1.54) is 25.7 Å². The van der Waals surface area contributed by atoms with E-state index in [1.54, 1.807) is 0 Å². The molecule has 0 aliphatic heterocycles. The summed E-state index contributed by atoms with van der Waals surface area (Å²) in [4.78, 5) is 12.0. The third-order valence-electron chi connectivity index (χ3n) is 3.71. The Morgan fingerprint density at radius 1 is 1.05 bits per heavy atom. The number of ether oxygens (including phenoxy) is 1. The number of esters is 1. The lowest BCUT2D eigenvalue weighted by Crippen LogP contribution is -2.17. The first kappa shape index (κ1) is 19.7. The Morgan fingerprint density at radius 3 is 2.33 bits per heavy atom. The quantitative estimate of drug-likeness (QED) is 0.471. The molecule has 1 aromatic rings. The van der Waals surface area contributed by atoms with E-state index in [9.17, 15) is 4.79 Å². The Morgan fingerprint density at radius 2 is 1.71 bits per heavy atom. The predicted octanol–water partition coefficient (Wildman–Crippen LogP) is 5.28. The summed E-state index contributed by atoms with van der Waals surface area (Å²) in [7, 11) is 0. The van der Waals surface area contributed by atoms with E-state index in [4.69, 9.17) is 4.74 Å². The number of unbranched alkanes of at least 4 members (excludes halogenated alkanes) is 4. The average molecular weight is 293 g/mol. The first-order chi connectivity index (χ1) is 9.77. The molecule has 0 radical (unpaired) electrons. The second kappa shape index (κ2) is 12.4. The SMILES string of the molecule is CCCCCCCC(CC)C(=O)OCc1ccccc1.N. The van der Waals surface area contributed by atoms with Gasteiger partial charge < -0.3 is 10.9 Å². The largest absolute Gasteiger partial charge is 0.461 e. The highest BCUT2D eigenvalue weighted by atomic mass is 16.5. The van der Waals surface area contributed by atoms with E-state index in [0.717, 1.165) is 24.8 Å². The second-order valence-corrected chi connectivity index (χ2v) is 5.40. The normalized spacial score (nSPS) is 11.5. The molecule has 0 bridgehead atoms. The molecule has 0 saturated carbocycles. The van der Waals surface area contributed by atoms with Crippen LogP contribution in [0.2, 0.25) is 0 Å². The van der Waals surface area contributed by atoms with Crippen LogP contribution in [0, 0.1) is 5.92 Å². The maximum absolute atomic E-state index is 12.0. The molecule has 0 aliphatic carbocycles. The molecular weight excluding hydrogens is 262 g/mol. The lowest BCUT2D eigenvalue weighted by Gasteiger charge is -2.14. The van der Waals surface area contributed by atoms with Gasteiger partial charge in [-0.1, -0.05) is 76.3 Å². The van der Waals surface area contributed by atoms with Crippen molar-refractivity contribution in [3.05, 3.63) is 35.9 Å². The highest BCUT2D eigenvalue weighted by Crippen LogP contribution is 2.17. The minimum Gasteiger partial charge on any atom is -0.461 e. The fourth-order valence-corrected chi connectivity index (χ4v) is 2.33. The number of hydrogen-bond acceptors (Lipinski definition) is 3. The number of benzene rings is 1. The molecule has 1 rings (SSSR count). The summed E-state index contributed by atoms with van der Waals surface area (Å²) in [5.74, 6) is 0.0344. The van der Waals surface area contributed by atoms with Crippen molar-refractivity contribution in [3.8, 4) is 0 Å². The molecule has 1 unspecified atom stereocenters. The van der Waals surface area contributed by atoms with Gasteiger partial charge in [-0.3, -0.25) is 4.79 Å². The lowest BCUT2D eigenvalue weighted by atomic mass is 9.98. The van der Waals surface area contributed by atoms with Crippen LogP contribution >= 0.6 is 0 Å². The summed E-state index contributed by atoms with van der Waals surface area (Å²) >= 11 is 0. The fraction of sp³-hybridized carbons (Fsp3) is 0.611. The van der Waals surface area contributed by atoms with Crippen molar-refractivity contribution in [1.29, 1.82) is 0 Å². The topological polar surface area (TPSA) is 61.3 Å². The van der Waals surface area contributed by atoms with Gasteiger partial charge >= 0.3 is 5.97 Å². The van der Waals surface area contributed by atoms with E-state index in [1.807, 2.05) is 30.3 Å². The highest BCUT2D eigenvalue weighted by molar-refractivity contribution is 5.72. The van der Waals surface area contributed by atoms with E-state index >= 15 is 0 Å². The molecule has 0 amide bonds. The van der Waals surface area contributed by atoms with E-state index in [-0.39, 0.29) is 18.0 Å². The summed E-state index contributed by atoms with van der Waals surface area (Å²) in [5.41, 5.74) is 1.05. The van der Waals surface area contributed by atoms with Crippen molar-refractivity contribution in [1.82, 2.24) is 6.15 Å². The van der Waals surface area contributed by atoms with Crippen LogP contribution in [0.1, 0.15) is 64.4 Å². The Kier molecular flexibility index (Phi) is 11.6. The number of carbonyl (C=O) groups excluding carboxylic acids is 1.